The van der Waals surface area contributed by atoms with Crippen LogP contribution in [0.1, 0.15) is 29.9 Å². The number of aliphatic hydroxyl groups is 1. The van der Waals surface area contributed by atoms with Crippen LogP contribution >= 0.6 is 27.3 Å². The number of carboxylic acids is 1. The van der Waals surface area contributed by atoms with E-state index in [1.165, 1.54) is 0 Å². The maximum atomic E-state index is 12.2. The van der Waals surface area contributed by atoms with Crippen molar-refractivity contribution >= 4 is 43.3 Å². The summed E-state index contributed by atoms with van der Waals surface area (Å²) in [5.74, 6) is -0.964. The third-order valence-corrected chi connectivity index (χ3v) is 6.21. The van der Waals surface area contributed by atoms with Gasteiger partial charge >= 0.3 is 5.97 Å². The zero-order chi connectivity index (χ0) is 15.5. The fraction of sp³-hybridized carbons (Fsp3) is 0.545. The highest BCUT2D eigenvalue weighted by atomic mass is 79.9. The standard InChI is InChI=1S/C11H16BrNO5S2/c1-6(2)3-7(5-14)13-20(17,18)9-4-8(11(15)16)19-10(9)12/h4,6-7,13-14H,3,5H2,1-2H3,(H,15,16). The van der Waals surface area contributed by atoms with E-state index in [-0.39, 0.29) is 26.1 Å². The zero-order valence-corrected chi connectivity index (χ0v) is 14.2. The lowest BCUT2D eigenvalue weighted by molar-refractivity contribution is 0.0702. The van der Waals surface area contributed by atoms with E-state index in [9.17, 15) is 18.3 Å². The van der Waals surface area contributed by atoms with Gasteiger partial charge in [0, 0.05) is 6.04 Å². The van der Waals surface area contributed by atoms with Crippen molar-refractivity contribution in [1.82, 2.24) is 4.72 Å². The molecule has 1 aromatic rings. The van der Waals surface area contributed by atoms with Gasteiger partial charge in [-0.15, -0.1) is 11.3 Å². The average Bonchev–Trinajstić information content (AvgIpc) is 2.70. The Labute approximate surface area is 130 Å². The fourth-order valence-electron chi connectivity index (χ4n) is 1.65. The first kappa shape index (κ1) is 17.6. The highest BCUT2D eigenvalue weighted by Crippen LogP contribution is 2.31. The Morgan fingerprint density at radius 2 is 2.10 bits per heavy atom. The number of hydrogen-bond acceptors (Lipinski definition) is 5. The molecule has 0 saturated carbocycles. The second-order valence-electron chi connectivity index (χ2n) is 4.68. The molecule has 1 unspecified atom stereocenters. The fourth-order valence-corrected chi connectivity index (χ4v) is 5.30. The van der Waals surface area contributed by atoms with Crippen LogP contribution < -0.4 is 4.72 Å². The number of thiophene rings is 1. The molecule has 1 aromatic heterocycles. The van der Waals surface area contributed by atoms with Crippen LogP contribution in [0.3, 0.4) is 0 Å². The topological polar surface area (TPSA) is 104 Å². The molecule has 0 spiro atoms. The normalized spacial score (nSPS) is 13.7. The predicted molar refractivity (Wildman–Crippen MR) is 79.6 cm³/mol. The Balaban J connectivity index is 3.01. The van der Waals surface area contributed by atoms with Crippen molar-refractivity contribution < 1.29 is 23.4 Å². The Morgan fingerprint density at radius 3 is 2.50 bits per heavy atom. The summed E-state index contributed by atoms with van der Waals surface area (Å²) in [6.07, 6.45) is 0.489. The molecule has 20 heavy (non-hydrogen) atoms. The highest BCUT2D eigenvalue weighted by molar-refractivity contribution is 9.11. The molecule has 6 nitrogen and oxygen atoms in total. The summed E-state index contributed by atoms with van der Waals surface area (Å²) in [5.41, 5.74) is 0. The van der Waals surface area contributed by atoms with Crippen molar-refractivity contribution in [1.29, 1.82) is 0 Å². The Bertz CT molecular complexity index is 582. The number of hydrogen-bond donors (Lipinski definition) is 3. The monoisotopic (exact) mass is 385 g/mol. The van der Waals surface area contributed by atoms with Crippen LogP contribution in [0.2, 0.25) is 0 Å². The Kier molecular flexibility index (Phi) is 6.14. The summed E-state index contributed by atoms with van der Waals surface area (Å²) in [4.78, 5) is 10.7. The Hall–Kier alpha value is -0.480. The zero-order valence-electron chi connectivity index (χ0n) is 11.0. The highest BCUT2D eigenvalue weighted by Gasteiger charge is 2.26. The second kappa shape index (κ2) is 6.99. The lowest BCUT2D eigenvalue weighted by Gasteiger charge is -2.17. The van der Waals surface area contributed by atoms with Gasteiger partial charge < -0.3 is 10.2 Å². The van der Waals surface area contributed by atoms with Crippen molar-refractivity contribution in [3.63, 3.8) is 0 Å². The lowest BCUT2D eigenvalue weighted by atomic mass is 10.1. The van der Waals surface area contributed by atoms with Gasteiger partial charge in [-0.05, 0) is 34.3 Å². The Morgan fingerprint density at radius 1 is 1.50 bits per heavy atom. The maximum absolute atomic E-state index is 12.2. The van der Waals surface area contributed by atoms with Gasteiger partial charge in [0.2, 0.25) is 10.0 Å². The molecule has 1 heterocycles. The molecule has 3 N–H and O–H groups in total. The van der Waals surface area contributed by atoms with Gasteiger partial charge in [0.15, 0.2) is 0 Å². The second-order valence-corrected chi connectivity index (χ2v) is 8.74. The largest absolute Gasteiger partial charge is 0.477 e. The van der Waals surface area contributed by atoms with Crippen LogP contribution in [0, 0.1) is 5.92 Å². The molecule has 9 heteroatoms. The van der Waals surface area contributed by atoms with Crippen LogP contribution in [0.15, 0.2) is 14.7 Å². The number of sulfonamides is 1. The molecule has 0 aliphatic heterocycles. The molecular weight excluding hydrogens is 370 g/mol. The third kappa shape index (κ3) is 4.52. The molecule has 0 bridgehead atoms. The number of rotatable bonds is 7. The molecule has 0 saturated heterocycles. The van der Waals surface area contributed by atoms with E-state index in [1.807, 2.05) is 13.8 Å². The van der Waals surface area contributed by atoms with Crippen LogP contribution in [-0.4, -0.2) is 37.2 Å². The molecular formula is C11H16BrNO5S2. The number of nitrogens with one attached hydrogen (secondary N) is 1. The van der Waals surface area contributed by atoms with Gasteiger partial charge in [-0.2, -0.15) is 0 Å². The van der Waals surface area contributed by atoms with Crippen LogP contribution in [0.4, 0.5) is 0 Å². The van der Waals surface area contributed by atoms with Gasteiger partial charge in [0.25, 0.3) is 0 Å². The quantitative estimate of drug-likeness (QED) is 0.664. The number of aliphatic hydroxyl groups excluding tert-OH is 1. The molecule has 0 amide bonds. The molecule has 0 aliphatic rings. The maximum Gasteiger partial charge on any atom is 0.345 e. The molecule has 1 atom stereocenters. The molecule has 0 radical (unpaired) electrons. The molecule has 0 aromatic carbocycles. The van der Waals surface area contributed by atoms with Gasteiger partial charge in [-0.25, -0.2) is 17.9 Å². The van der Waals surface area contributed by atoms with Crippen molar-refractivity contribution in [2.45, 2.75) is 31.2 Å². The average molecular weight is 386 g/mol. The van der Waals surface area contributed by atoms with Crippen molar-refractivity contribution in [2.75, 3.05) is 6.61 Å². The third-order valence-electron chi connectivity index (χ3n) is 2.45. The number of carbonyl (C=O) groups is 1. The van der Waals surface area contributed by atoms with Gasteiger partial charge in [-0.3, -0.25) is 0 Å². The van der Waals surface area contributed by atoms with E-state index in [2.05, 4.69) is 20.7 Å². The molecule has 1 rings (SSSR count). The van der Waals surface area contributed by atoms with Crippen molar-refractivity contribution in [3.8, 4) is 0 Å². The molecule has 0 fully saturated rings. The van der Waals surface area contributed by atoms with E-state index in [4.69, 9.17) is 5.11 Å². The summed E-state index contributed by atoms with van der Waals surface area (Å²) in [7, 11) is -3.87. The summed E-state index contributed by atoms with van der Waals surface area (Å²) in [6.45, 7) is 3.52. The number of aromatic carboxylic acids is 1. The van der Waals surface area contributed by atoms with E-state index >= 15 is 0 Å². The first-order chi connectivity index (χ1) is 9.17. The molecule has 0 aliphatic carbocycles. The van der Waals surface area contributed by atoms with E-state index in [1.54, 1.807) is 0 Å². The minimum atomic E-state index is -3.87. The molecule has 114 valence electrons. The van der Waals surface area contributed by atoms with Crippen LogP contribution in [0.5, 0.6) is 0 Å². The minimum Gasteiger partial charge on any atom is -0.477 e. The van der Waals surface area contributed by atoms with E-state index < -0.39 is 22.0 Å². The van der Waals surface area contributed by atoms with Crippen LogP contribution in [-0.2, 0) is 10.0 Å². The minimum absolute atomic E-state index is 0.0679. The van der Waals surface area contributed by atoms with Gasteiger partial charge in [0.05, 0.1) is 10.4 Å². The predicted octanol–water partition coefficient (Wildman–Crippen LogP) is 1.89. The number of carboxylic acid groups (broad SMARTS) is 1. The van der Waals surface area contributed by atoms with E-state index in [0.717, 1.165) is 17.4 Å². The first-order valence-corrected chi connectivity index (χ1v) is 8.92. The van der Waals surface area contributed by atoms with Gasteiger partial charge in [0.1, 0.15) is 9.77 Å². The lowest BCUT2D eigenvalue weighted by Crippen LogP contribution is -2.38. The SMILES string of the molecule is CC(C)CC(CO)NS(=O)(=O)c1cc(C(=O)O)sc1Br. The summed E-state index contributed by atoms with van der Waals surface area (Å²) in [6, 6.07) is 0.503. The first-order valence-electron chi connectivity index (χ1n) is 5.83. The summed E-state index contributed by atoms with van der Waals surface area (Å²) < 4.78 is 27.0. The van der Waals surface area contributed by atoms with Crippen molar-refractivity contribution in [2.24, 2.45) is 5.92 Å². The van der Waals surface area contributed by atoms with Gasteiger partial charge in [-0.1, -0.05) is 13.8 Å². The smallest absolute Gasteiger partial charge is 0.345 e. The summed E-state index contributed by atoms with van der Waals surface area (Å²) in [5, 5.41) is 18.1. The number of halogens is 1. The van der Waals surface area contributed by atoms with Crippen molar-refractivity contribution in [3.05, 3.63) is 14.7 Å². The van der Waals surface area contributed by atoms with Crippen LogP contribution in [0.25, 0.3) is 0 Å². The van der Waals surface area contributed by atoms with E-state index in [0.29, 0.717) is 6.42 Å². The summed E-state index contributed by atoms with van der Waals surface area (Å²) >= 11 is 3.89.